The average molecular weight is 525 g/mol. The van der Waals surface area contributed by atoms with Crippen molar-refractivity contribution >= 4 is 17.5 Å². The minimum atomic E-state index is -3.60. The Labute approximate surface area is 247 Å². The Bertz CT molecular complexity index is 2060. The van der Waals surface area contributed by atoms with Crippen LogP contribution in [0.1, 0.15) is 115 Å². The predicted octanol–water partition coefficient (Wildman–Crippen LogP) is 4.50. The van der Waals surface area contributed by atoms with E-state index in [1.165, 1.54) is 0 Å². The third-order valence-electron chi connectivity index (χ3n) is 6.74. The number of pyridine rings is 1. The van der Waals surface area contributed by atoms with E-state index in [4.69, 9.17) is 30.8 Å². The zero-order valence-electron chi connectivity index (χ0n) is 40.6. The van der Waals surface area contributed by atoms with Crippen LogP contribution in [0.15, 0.2) is 18.1 Å². The number of ether oxygens (including phenoxy) is 1. The number of carbonyl (C=O) groups is 2. The summed E-state index contributed by atoms with van der Waals surface area (Å²) in [5, 5.41) is 4.02. The van der Waals surface area contributed by atoms with Gasteiger partial charge in [-0.15, -0.1) is 5.10 Å². The molecule has 8 heteroatoms. The fourth-order valence-corrected chi connectivity index (χ4v) is 4.99. The second-order valence-electron chi connectivity index (χ2n) is 9.08. The molecule has 4 heterocycles. The van der Waals surface area contributed by atoms with E-state index in [1.807, 2.05) is 0 Å². The molecule has 0 aromatic carbocycles. The quantitative estimate of drug-likeness (QED) is 0.316. The van der Waals surface area contributed by atoms with Crippen molar-refractivity contribution in [1.29, 1.82) is 0 Å². The number of cyclic esters (lactones) is 1. The summed E-state index contributed by atoms with van der Waals surface area (Å²) in [7, 11) is 0. The Morgan fingerprint density at radius 3 is 2.57 bits per heavy atom. The number of hydrogen-bond donors (Lipinski definition) is 0. The van der Waals surface area contributed by atoms with Crippen LogP contribution in [0.25, 0.3) is 5.78 Å². The Hall–Kier alpha value is -3.16. The van der Waals surface area contributed by atoms with Crippen LogP contribution in [0.2, 0.25) is 0 Å². The van der Waals surface area contributed by atoms with Crippen LogP contribution in [0.3, 0.4) is 0 Å². The number of rotatable bonds is 8. The van der Waals surface area contributed by atoms with Crippen molar-refractivity contribution in [2.75, 3.05) is 0 Å². The molecule has 2 aliphatic rings. The molecule has 196 valence electrons. The van der Waals surface area contributed by atoms with Crippen molar-refractivity contribution < 1.29 is 43.1 Å². The lowest BCUT2D eigenvalue weighted by molar-refractivity contribution is -0.185. The summed E-state index contributed by atoms with van der Waals surface area (Å²) in [5.41, 5.74) is -7.61. The van der Waals surface area contributed by atoms with E-state index in [2.05, 4.69) is 20.1 Å². The molecule has 0 spiro atoms. The Morgan fingerprint density at radius 2 is 1.89 bits per heavy atom. The lowest BCUT2D eigenvalue weighted by Crippen LogP contribution is -2.52. The van der Waals surface area contributed by atoms with Gasteiger partial charge in [0.15, 0.2) is 11.6 Å². The smallest absolute Gasteiger partial charge is 0.317 e. The third-order valence-corrected chi connectivity index (χ3v) is 6.74. The monoisotopic (exact) mass is 524 g/mol. The molecule has 37 heavy (non-hydrogen) atoms. The van der Waals surface area contributed by atoms with Crippen LogP contribution in [-0.2, 0) is 39.9 Å². The average Bonchev–Trinajstić information content (AvgIpc) is 3.70. The first-order valence-electron chi connectivity index (χ1n) is 22.1. The summed E-state index contributed by atoms with van der Waals surface area (Å²) < 4.78 is 177. The van der Waals surface area contributed by atoms with Gasteiger partial charge in [0.05, 0.1) is 4.11 Å². The SMILES string of the molecule is [2H]c1c(C([2H])([2H])C([2H])([2H])[2H])nc(C([2H])([2H])C([2H])([2H])[2H])c([2H])c1C([2H])([2H])C[C@]1(C2CCCC2)CC(=O)C(Cc2nc3nc(C([2H])([2H])[2H])c([2H])c(C([2H])([2H])[2H])n3n2)C(=O)O1. The molecule has 1 aliphatic heterocycles. The van der Waals surface area contributed by atoms with Gasteiger partial charge in [0.25, 0.3) is 5.78 Å². The van der Waals surface area contributed by atoms with Gasteiger partial charge < -0.3 is 4.74 Å². The first-order chi connectivity index (χ1) is 26.1. The van der Waals surface area contributed by atoms with Crippen LogP contribution in [0.5, 0.6) is 0 Å². The van der Waals surface area contributed by atoms with Gasteiger partial charge in [0, 0.05) is 60.3 Å². The number of esters is 1. The summed E-state index contributed by atoms with van der Waals surface area (Å²) in [6, 6.07) is -3.51. The highest BCUT2D eigenvalue weighted by molar-refractivity contribution is 6.01. The van der Waals surface area contributed by atoms with Crippen molar-refractivity contribution in [3.8, 4) is 0 Å². The fraction of sp³-hybridized carbons (Fsp3) is 0.586. The van der Waals surface area contributed by atoms with Gasteiger partial charge in [0.1, 0.15) is 11.5 Å². The summed E-state index contributed by atoms with van der Waals surface area (Å²) in [4.78, 5) is 39.3. The highest BCUT2D eigenvalue weighted by atomic mass is 16.6. The molecule has 0 N–H and O–H groups in total. The van der Waals surface area contributed by atoms with E-state index < -0.39 is 147 Å². The van der Waals surface area contributed by atoms with E-state index in [-0.39, 0.29) is 5.82 Å². The van der Waals surface area contributed by atoms with Crippen molar-refractivity contribution in [1.82, 2.24) is 24.6 Å². The van der Waals surface area contributed by atoms with Crippen molar-refractivity contribution in [3.63, 3.8) is 0 Å². The van der Waals surface area contributed by atoms with Gasteiger partial charge in [-0.2, -0.15) is 4.98 Å². The van der Waals surface area contributed by atoms with Crippen molar-refractivity contribution in [2.45, 2.75) is 97.1 Å². The molecule has 2 fully saturated rings. The molecule has 0 radical (unpaired) electrons. The molecule has 0 amide bonds. The fourth-order valence-electron chi connectivity index (χ4n) is 4.99. The number of ketones is 1. The Morgan fingerprint density at radius 1 is 1.11 bits per heavy atom. The molecular weight excluding hydrogens is 466 g/mol. The maximum absolute atomic E-state index is 14.0. The molecule has 3 aromatic heterocycles. The van der Waals surface area contributed by atoms with E-state index in [9.17, 15) is 12.3 Å². The van der Waals surface area contributed by atoms with Crippen LogP contribution in [0.4, 0.5) is 0 Å². The van der Waals surface area contributed by atoms with Crippen LogP contribution in [0, 0.1) is 25.5 Å². The zero-order chi connectivity index (χ0) is 44.1. The maximum atomic E-state index is 14.0. The standard InChI is InChI=1S/C29H37N5O3/c1-5-22-14-20(15-23(6-2)31-22)11-12-29(21-9-7-8-10-21)17-25(35)24(27(36)37-29)16-26-32-28-30-18(3)13-19(4)34(28)33-26/h13-15,21,24H,5-12,16-17H2,1-4H3/t24?,29-/m1/s1/i1D3,2D3,3D3,4D3,5D2,6D2,11D2,13D,14D,15D. The molecule has 3 aromatic rings. The lowest BCUT2D eigenvalue weighted by Gasteiger charge is -2.43. The van der Waals surface area contributed by atoms with Crippen LogP contribution >= 0.6 is 0 Å². The van der Waals surface area contributed by atoms with Gasteiger partial charge in [0.2, 0.25) is 0 Å². The van der Waals surface area contributed by atoms with E-state index in [0.717, 1.165) is 0 Å². The Balaban J connectivity index is 1.59. The summed E-state index contributed by atoms with van der Waals surface area (Å²) in [6.07, 6.45) is -10.9. The molecule has 0 bridgehead atoms. The van der Waals surface area contributed by atoms with Gasteiger partial charge >= 0.3 is 5.97 Å². The van der Waals surface area contributed by atoms with E-state index >= 15 is 0 Å². The van der Waals surface area contributed by atoms with Gasteiger partial charge in [-0.05, 0) is 81.7 Å². The summed E-state index contributed by atoms with van der Waals surface area (Å²) in [6.45, 7) is -13.3. The number of fused-ring (bicyclic) bond motifs is 1. The number of aryl methyl sites for hydroxylation is 4. The topological polar surface area (TPSA) is 99.3 Å². The van der Waals surface area contributed by atoms with Crippen molar-refractivity contribution in [2.24, 2.45) is 11.8 Å². The minimum Gasteiger partial charge on any atom is -0.458 e. The number of aromatic nitrogens is 5. The van der Waals surface area contributed by atoms with Crippen molar-refractivity contribution in [3.05, 3.63) is 52.3 Å². The lowest BCUT2D eigenvalue weighted by atomic mass is 9.73. The zero-order valence-corrected chi connectivity index (χ0v) is 19.6. The maximum Gasteiger partial charge on any atom is 0.317 e. The van der Waals surface area contributed by atoms with Crippen LogP contribution in [-0.4, -0.2) is 41.9 Å². The minimum absolute atomic E-state index is 0.303. The van der Waals surface area contributed by atoms with Crippen LogP contribution < -0.4 is 0 Å². The summed E-state index contributed by atoms with van der Waals surface area (Å²) >= 11 is 0. The second kappa shape index (κ2) is 10.3. The molecule has 1 unspecified atom stereocenters. The first kappa shape index (κ1) is 10.5. The van der Waals surface area contributed by atoms with E-state index in [0.29, 0.717) is 30.2 Å². The largest absolute Gasteiger partial charge is 0.458 e. The highest BCUT2D eigenvalue weighted by Gasteiger charge is 2.51. The first-order valence-corrected chi connectivity index (χ1v) is 11.6. The second-order valence-corrected chi connectivity index (χ2v) is 9.08. The number of nitrogens with zero attached hydrogens (tertiary/aromatic N) is 5. The normalized spacial score (nSPS) is 33.5. The number of hydrogen-bond acceptors (Lipinski definition) is 7. The van der Waals surface area contributed by atoms with Gasteiger partial charge in [-0.25, -0.2) is 9.50 Å². The molecule has 1 saturated heterocycles. The number of carbonyl (C=O) groups excluding carboxylic acids is 2. The number of Topliss-reactive ketones (excluding diaryl/α,β-unsaturated/α-hetero) is 1. The molecule has 2 atom stereocenters. The summed E-state index contributed by atoms with van der Waals surface area (Å²) in [5.74, 6) is -5.35. The van der Waals surface area contributed by atoms with Gasteiger partial charge in [-0.1, -0.05) is 26.5 Å². The predicted molar refractivity (Wildman–Crippen MR) is 139 cm³/mol. The molecule has 1 saturated carbocycles. The highest BCUT2D eigenvalue weighted by Crippen LogP contribution is 2.45. The molecule has 1 aliphatic carbocycles. The van der Waals surface area contributed by atoms with Gasteiger partial charge in [-0.3, -0.25) is 14.6 Å². The molecule has 5 rings (SSSR count). The third kappa shape index (κ3) is 5.15. The Kier molecular flexibility index (Phi) is 2.94. The molecule has 8 nitrogen and oxygen atoms in total. The molecular formula is C29H37N5O3. The van der Waals surface area contributed by atoms with E-state index in [1.54, 1.807) is 0 Å².